The largest absolute Gasteiger partial charge is 0.234 e. The van der Waals surface area contributed by atoms with Gasteiger partial charge in [0.2, 0.25) is 0 Å². The predicted molar refractivity (Wildman–Crippen MR) is 59.5 cm³/mol. The number of hydrogen-bond donors (Lipinski definition) is 0. The maximum atomic E-state index is 9.88. The van der Waals surface area contributed by atoms with E-state index in [0.29, 0.717) is 6.42 Å². The van der Waals surface area contributed by atoms with Crippen molar-refractivity contribution >= 4 is 11.5 Å². The Kier molecular flexibility index (Phi) is 4.19. The molecule has 1 aromatic rings. The SMILES string of the molecule is C=C(/C=C/CC=C=O)c1ccccc1. The van der Waals surface area contributed by atoms with Crippen LogP contribution in [0.2, 0.25) is 0 Å². The van der Waals surface area contributed by atoms with Crippen LogP contribution in [0.25, 0.3) is 5.57 Å². The maximum Gasteiger partial charge on any atom is 0.120 e. The van der Waals surface area contributed by atoms with Crippen molar-refractivity contribution in [1.82, 2.24) is 0 Å². The molecule has 1 aromatic carbocycles. The number of benzene rings is 1. The van der Waals surface area contributed by atoms with Crippen molar-refractivity contribution in [2.24, 2.45) is 0 Å². The summed E-state index contributed by atoms with van der Waals surface area (Å²) in [5.74, 6) is 1.73. The molecule has 0 radical (unpaired) electrons. The fourth-order valence-electron chi connectivity index (χ4n) is 1.07. The predicted octanol–water partition coefficient (Wildman–Crippen LogP) is 3.03. The van der Waals surface area contributed by atoms with Crippen LogP contribution in [0.3, 0.4) is 0 Å². The Morgan fingerprint density at radius 2 is 2.07 bits per heavy atom. The van der Waals surface area contributed by atoms with Crippen LogP contribution in [0.4, 0.5) is 0 Å². The average Bonchev–Trinajstić information content (AvgIpc) is 2.25. The van der Waals surface area contributed by atoms with Gasteiger partial charge in [0.25, 0.3) is 0 Å². The molecule has 0 aliphatic heterocycles. The van der Waals surface area contributed by atoms with Gasteiger partial charge in [0.1, 0.15) is 5.94 Å². The zero-order chi connectivity index (χ0) is 10.2. The molecule has 0 atom stereocenters. The molecule has 0 spiro atoms. The van der Waals surface area contributed by atoms with Gasteiger partial charge in [0.15, 0.2) is 0 Å². The van der Waals surface area contributed by atoms with Gasteiger partial charge in [-0.05, 0) is 17.6 Å². The fraction of sp³-hybridized carbons (Fsp3) is 0.0769. The summed E-state index contributed by atoms with van der Waals surface area (Å²) in [6.45, 7) is 3.92. The van der Waals surface area contributed by atoms with E-state index in [4.69, 9.17) is 0 Å². The van der Waals surface area contributed by atoms with Gasteiger partial charge in [-0.3, -0.25) is 0 Å². The molecule has 1 nitrogen and oxygen atoms in total. The molecule has 70 valence electrons. The van der Waals surface area contributed by atoms with Crippen molar-refractivity contribution < 1.29 is 4.79 Å². The molecule has 14 heavy (non-hydrogen) atoms. The number of carbonyl (C=O) groups excluding carboxylic acids is 1. The van der Waals surface area contributed by atoms with Crippen LogP contribution in [-0.2, 0) is 4.79 Å². The van der Waals surface area contributed by atoms with Crippen LogP contribution in [-0.4, -0.2) is 5.94 Å². The quantitative estimate of drug-likeness (QED) is 0.519. The van der Waals surface area contributed by atoms with Gasteiger partial charge >= 0.3 is 0 Å². The highest BCUT2D eigenvalue weighted by molar-refractivity contribution is 5.71. The van der Waals surface area contributed by atoms with Gasteiger partial charge in [-0.2, -0.15) is 0 Å². The molecule has 0 aliphatic carbocycles. The second-order valence-electron chi connectivity index (χ2n) is 2.85. The van der Waals surface area contributed by atoms with Gasteiger partial charge in [0, 0.05) is 6.08 Å². The summed E-state index contributed by atoms with van der Waals surface area (Å²) in [5.41, 5.74) is 2.05. The lowest BCUT2D eigenvalue weighted by atomic mass is 10.1. The van der Waals surface area contributed by atoms with Gasteiger partial charge in [0.05, 0.1) is 0 Å². The molecular weight excluding hydrogens is 172 g/mol. The molecule has 0 saturated carbocycles. The Labute approximate surface area is 84.1 Å². The summed E-state index contributed by atoms with van der Waals surface area (Å²) < 4.78 is 0. The Hall–Kier alpha value is -1.85. The first kappa shape index (κ1) is 10.2. The zero-order valence-corrected chi connectivity index (χ0v) is 7.94. The summed E-state index contributed by atoms with van der Waals surface area (Å²) in [5, 5.41) is 0. The Morgan fingerprint density at radius 3 is 2.71 bits per heavy atom. The van der Waals surface area contributed by atoms with Crippen LogP contribution in [0.5, 0.6) is 0 Å². The van der Waals surface area contributed by atoms with Gasteiger partial charge in [-0.25, -0.2) is 4.79 Å². The smallest absolute Gasteiger partial charge is 0.120 e. The average molecular weight is 184 g/mol. The van der Waals surface area contributed by atoms with E-state index in [1.54, 1.807) is 5.94 Å². The van der Waals surface area contributed by atoms with Gasteiger partial charge in [-0.15, -0.1) is 0 Å². The number of rotatable bonds is 4. The molecule has 0 fully saturated rings. The third kappa shape index (κ3) is 3.26. The highest BCUT2D eigenvalue weighted by Crippen LogP contribution is 2.12. The molecular formula is C13H12O. The van der Waals surface area contributed by atoms with Crippen molar-refractivity contribution in [1.29, 1.82) is 0 Å². The lowest BCUT2D eigenvalue weighted by Crippen LogP contribution is -1.76. The first-order valence-electron chi connectivity index (χ1n) is 4.45. The Bertz CT molecular complexity index is 367. The first-order chi connectivity index (χ1) is 6.84. The standard InChI is InChI=1S/C13H12O/c1-12(8-4-3-7-11-14)13-9-5-2-6-10-13/h2,4-10H,1,3H2/b8-4+. The van der Waals surface area contributed by atoms with Crippen LogP contribution in [0.1, 0.15) is 12.0 Å². The monoisotopic (exact) mass is 184 g/mol. The Balaban J connectivity index is 2.59. The van der Waals surface area contributed by atoms with E-state index in [1.807, 2.05) is 42.5 Å². The van der Waals surface area contributed by atoms with E-state index in [9.17, 15) is 4.79 Å². The minimum absolute atomic E-state index is 0.607. The van der Waals surface area contributed by atoms with Crippen LogP contribution >= 0.6 is 0 Å². The molecule has 0 saturated heterocycles. The molecule has 1 rings (SSSR count). The van der Waals surface area contributed by atoms with Crippen molar-refractivity contribution in [3.8, 4) is 0 Å². The number of allylic oxidation sites excluding steroid dienone is 4. The van der Waals surface area contributed by atoms with E-state index in [2.05, 4.69) is 6.58 Å². The highest BCUT2D eigenvalue weighted by Gasteiger charge is 1.90. The van der Waals surface area contributed by atoms with E-state index < -0.39 is 0 Å². The lowest BCUT2D eigenvalue weighted by molar-refractivity contribution is 0.568. The summed E-state index contributed by atoms with van der Waals surface area (Å²) in [7, 11) is 0. The van der Waals surface area contributed by atoms with E-state index in [1.165, 1.54) is 6.08 Å². The molecule has 0 unspecified atom stereocenters. The summed E-state index contributed by atoms with van der Waals surface area (Å²) in [4.78, 5) is 9.88. The molecule has 0 amide bonds. The number of hydrogen-bond acceptors (Lipinski definition) is 1. The maximum absolute atomic E-state index is 9.88. The summed E-state index contributed by atoms with van der Waals surface area (Å²) in [6, 6.07) is 9.92. The van der Waals surface area contributed by atoms with E-state index in [-0.39, 0.29) is 0 Å². The second kappa shape index (κ2) is 5.74. The van der Waals surface area contributed by atoms with Crippen LogP contribution in [0, 0.1) is 0 Å². The zero-order valence-electron chi connectivity index (χ0n) is 7.94. The normalized spacial score (nSPS) is 9.71. The minimum Gasteiger partial charge on any atom is -0.234 e. The lowest BCUT2D eigenvalue weighted by Gasteiger charge is -1.97. The molecule has 0 aromatic heterocycles. The fourth-order valence-corrected chi connectivity index (χ4v) is 1.07. The highest BCUT2D eigenvalue weighted by atomic mass is 16.1. The first-order valence-corrected chi connectivity index (χ1v) is 4.45. The molecule has 0 bridgehead atoms. The molecule has 1 heteroatoms. The van der Waals surface area contributed by atoms with E-state index in [0.717, 1.165) is 11.1 Å². The van der Waals surface area contributed by atoms with Crippen molar-refractivity contribution in [2.75, 3.05) is 0 Å². The van der Waals surface area contributed by atoms with Gasteiger partial charge in [-0.1, -0.05) is 49.1 Å². The third-order valence-corrected chi connectivity index (χ3v) is 1.80. The Morgan fingerprint density at radius 1 is 1.36 bits per heavy atom. The molecule has 0 heterocycles. The third-order valence-electron chi connectivity index (χ3n) is 1.80. The van der Waals surface area contributed by atoms with Crippen molar-refractivity contribution in [2.45, 2.75) is 6.42 Å². The van der Waals surface area contributed by atoms with Crippen molar-refractivity contribution in [3.05, 3.63) is 60.7 Å². The van der Waals surface area contributed by atoms with Gasteiger partial charge < -0.3 is 0 Å². The minimum atomic E-state index is 0.607. The summed E-state index contributed by atoms with van der Waals surface area (Å²) in [6.07, 6.45) is 5.84. The molecule has 0 aliphatic rings. The summed E-state index contributed by atoms with van der Waals surface area (Å²) >= 11 is 0. The van der Waals surface area contributed by atoms with Crippen molar-refractivity contribution in [3.63, 3.8) is 0 Å². The van der Waals surface area contributed by atoms with Crippen LogP contribution < -0.4 is 0 Å². The second-order valence-corrected chi connectivity index (χ2v) is 2.85. The van der Waals surface area contributed by atoms with Crippen LogP contribution in [0.15, 0.2) is 55.1 Å². The topological polar surface area (TPSA) is 17.1 Å². The van der Waals surface area contributed by atoms with E-state index >= 15 is 0 Å². The molecule has 0 N–H and O–H groups in total.